The first-order valence-corrected chi connectivity index (χ1v) is 20.0. The van der Waals surface area contributed by atoms with E-state index in [1.807, 2.05) is 6.07 Å². The van der Waals surface area contributed by atoms with Crippen molar-refractivity contribution in [1.29, 1.82) is 0 Å². The van der Waals surface area contributed by atoms with Crippen LogP contribution >= 0.6 is 0 Å². The van der Waals surface area contributed by atoms with Gasteiger partial charge in [0.15, 0.2) is 0 Å². The van der Waals surface area contributed by atoms with E-state index in [4.69, 9.17) is 14.4 Å². The minimum Gasteiger partial charge on any atom is -0.456 e. The van der Waals surface area contributed by atoms with Gasteiger partial charge < -0.3 is 8.98 Å². The van der Waals surface area contributed by atoms with Gasteiger partial charge >= 0.3 is 0 Å². The monoisotopic (exact) mass is 752 g/mol. The van der Waals surface area contributed by atoms with Crippen molar-refractivity contribution in [3.05, 3.63) is 194 Å². The summed E-state index contributed by atoms with van der Waals surface area (Å²) in [4.78, 5) is 10.9. The maximum absolute atomic E-state index is 6.54. The quantitative estimate of drug-likeness (QED) is 0.180. The standard InChI is InChI=1S/C54H32N4O/c1-2-12-33(13-3-1)35-22-24-36(25-23-35)50-43-17-6-9-19-45(43)55-54(56-50)58-46-20-10-7-16-39(46)40-28-29-42-41-30-31-48-49(44-18-8-11-21-47(44)59-48)51(41)57(52(42)53(40)58)38-27-26-34-14-4-5-15-37(34)32-38/h1-32H. The number of benzene rings is 9. The smallest absolute Gasteiger partial charge is 0.235 e. The number of hydrogen-bond donors (Lipinski definition) is 0. The van der Waals surface area contributed by atoms with E-state index in [0.717, 1.165) is 93.4 Å². The van der Waals surface area contributed by atoms with Crippen LogP contribution in [0.3, 0.4) is 0 Å². The Bertz CT molecular complexity index is 3830. The molecule has 0 atom stereocenters. The van der Waals surface area contributed by atoms with E-state index in [1.165, 1.54) is 21.9 Å². The first kappa shape index (κ1) is 32.1. The molecule has 0 N–H and O–H groups in total. The predicted molar refractivity (Wildman–Crippen MR) is 244 cm³/mol. The van der Waals surface area contributed by atoms with Crippen LogP contribution < -0.4 is 0 Å². The Balaban J connectivity index is 1.18. The van der Waals surface area contributed by atoms with Crippen LogP contribution in [-0.2, 0) is 0 Å². The highest BCUT2D eigenvalue weighted by Crippen LogP contribution is 2.45. The van der Waals surface area contributed by atoms with Gasteiger partial charge in [0.25, 0.3) is 0 Å². The Labute approximate surface area is 337 Å². The molecule has 5 heteroatoms. The molecule has 0 bridgehead atoms. The molecule has 0 spiro atoms. The Kier molecular flexibility index (Phi) is 6.66. The van der Waals surface area contributed by atoms with E-state index in [-0.39, 0.29) is 0 Å². The summed E-state index contributed by atoms with van der Waals surface area (Å²) in [6, 6.07) is 68.9. The Hall–Kier alpha value is -8.02. The molecule has 9 aromatic carbocycles. The molecule has 0 saturated heterocycles. The lowest BCUT2D eigenvalue weighted by atomic mass is 10.0. The Morgan fingerprint density at radius 1 is 0.373 bits per heavy atom. The molecule has 13 rings (SSSR count). The second-order valence-corrected chi connectivity index (χ2v) is 15.3. The van der Waals surface area contributed by atoms with Gasteiger partial charge in [-0.25, -0.2) is 9.97 Å². The van der Waals surface area contributed by atoms with E-state index >= 15 is 0 Å². The summed E-state index contributed by atoms with van der Waals surface area (Å²) < 4.78 is 11.3. The van der Waals surface area contributed by atoms with Crippen molar-refractivity contribution in [2.24, 2.45) is 0 Å². The Morgan fingerprint density at radius 2 is 1.00 bits per heavy atom. The highest BCUT2D eigenvalue weighted by Gasteiger charge is 2.25. The van der Waals surface area contributed by atoms with E-state index in [2.05, 4.69) is 197 Å². The maximum atomic E-state index is 6.54. The topological polar surface area (TPSA) is 48.8 Å². The zero-order valence-electron chi connectivity index (χ0n) is 31.7. The van der Waals surface area contributed by atoms with Crippen LogP contribution in [0.2, 0.25) is 0 Å². The third-order valence-corrected chi connectivity index (χ3v) is 12.1. The predicted octanol–water partition coefficient (Wildman–Crippen LogP) is 14.2. The molecule has 0 saturated carbocycles. The van der Waals surface area contributed by atoms with Crippen LogP contribution in [-0.4, -0.2) is 19.1 Å². The number of hydrogen-bond acceptors (Lipinski definition) is 3. The van der Waals surface area contributed by atoms with Crippen molar-refractivity contribution in [2.45, 2.75) is 0 Å². The number of fused-ring (bicyclic) bond motifs is 13. The van der Waals surface area contributed by atoms with Crippen LogP contribution in [0.1, 0.15) is 0 Å². The largest absolute Gasteiger partial charge is 0.456 e. The van der Waals surface area contributed by atoms with Gasteiger partial charge in [-0.2, -0.15) is 0 Å². The average molecular weight is 753 g/mol. The normalized spacial score (nSPS) is 12.1. The third-order valence-electron chi connectivity index (χ3n) is 12.1. The van der Waals surface area contributed by atoms with E-state index < -0.39 is 0 Å². The molecule has 0 fully saturated rings. The van der Waals surface area contributed by atoms with Gasteiger partial charge in [0.1, 0.15) is 11.2 Å². The van der Waals surface area contributed by atoms with Crippen molar-refractivity contribution in [2.75, 3.05) is 0 Å². The van der Waals surface area contributed by atoms with Gasteiger partial charge in [-0.3, -0.25) is 4.57 Å². The summed E-state index contributed by atoms with van der Waals surface area (Å²) in [5, 5.41) is 10.2. The highest BCUT2D eigenvalue weighted by molar-refractivity contribution is 6.29. The number of furan rings is 1. The Morgan fingerprint density at radius 3 is 1.86 bits per heavy atom. The fourth-order valence-electron chi connectivity index (χ4n) is 9.46. The minimum atomic E-state index is 0.624. The molecule has 0 aliphatic rings. The first-order chi connectivity index (χ1) is 29.3. The van der Waals surface area contributed by atoms with Gasteiger partial charge in [-0.1, -0.05) is 152 Å². The fourth-order valence-corrected chi connectivity index (χ4v) is 9.46. The van der Waals surface area contributed by atoms with Crippen molar-refractivity contribution < 1.29 is 4.42 Å². The van der Waals surface area contributed by atoms with Crippen molar-refractivity contribution >= 4 is 87.2 Å². The number of nitrogens with zero attached hydrogens (tertiary/aromatic N) is 4. The molecule has 4 aromatic heterocycles. The highest BCUT2D eigenvalue weighted by atomic mass is 16.3. The van der Waals surface area contributed by atoms with Gasteiger partial charge in [0.05, 0.1) is 38.7 Å². The van der Waals surface area contributed by atoms with Gasteiger partial charge in [0, 0.05) is 43.6 Å². The third kappa shape index (κ3) is 4.67. The average Bonchev–Trinajstić information content (AvgIpc) is 3.96. The molecule has 5 nitrogen and oxygen atoms in total. The van der Waals surface area contributed by atoms with Crippen LogP contribution in [0, 0.1) is 0 Å². The number of aromatic nitrogens is 4. The molecular weight excluding hydrogens is 721 g/mol. The number of para-hydroxylation sites is 3. The minimum absolute atomic E-state index is 0.624. The van der Waals surface area contributed by atoms with Crippen LogP contribution in [0.5, 0.6) is 0 Å². The zero-order valence-corrected chi connectivity index (χ0v) is 31.7. The van der Waals surface area contributed by atoms with Crippen molar-refractivity contribution in [3.63, 3.8) is 0 Å². The molecule has 0 radical (unpaired) electrons. The summed E-state index contributed by atoms with van der Waals surface area (Å²) >= 11 is 0. The summed E-state index contributed by atoms with van der Waals surface area (Å²) in [6.07, 6.45) is 0. The van der Waals surface area contributed by atoms with Crippen LogP contribution in [0.4, 0.5) is 0 Å². The first-order valence-electron chi connectivity index (χ1n) is 20.0. The summed E-state index contributed by atoms with van der Waals surface area (Å²) in [5.74, 6) is 0.624. The zero-order chi connectivity index (χ0) is 38.6. The van der Waals surface area contributed by atoms with Gasteiger partial charge in [-0.15, -0.1) is 0 Å². The second kappa shape index (κ2) is 12.2. The fraction of sp³-hybridized carbons (Fsp3) is 0. The summed E-state index contributed by atoms with van der Waals surface area (Å²) in [6.45, 7) is 0. The molecule has 4 heterocycles. The van der Waals surface area contributed by atoms with E-state index in [0.29, 0.717) is 5.95 Å². The van der Waals surface area contributed by atoms with Crippen molar-refractivity contribution in [1.82, 2.24) is 19.1 Å². The van der Waals surface area contributed by atoms with E-state index in [9.17, 15) is 0 Å². The summed E-state index contributed by atoms with van der Waals surface area (Å²) in [5.41, 5.74) is 12.3. The lowest BCUT2D eigenvalue weighted by molar-refractivity contribution is 0.669. The van der Waals surface area contributed by atoms with Gasteiger partial charge in [-0.05, 0) is 64.4 Å². The molecular formula is C54H32N4O. The second-order valence-electron chi connectivity index (χ2n) is 15.3. The maximum Gasteiger partial charge on any atom is 0.235 e. The molecule has 0 aliphatic heterocycles. The van der Waals surface area contributed by atoms with Crippen molar-refractivity contribution in [3.8, 4) is 34.0 Å². The SMILES string of the molecule is c1ccc(-c2ccc(-c3nc(-n4c5ccccc5c5ccc6c7ccc8oc9ccccc9c8c7n(-c7ccc8ccccc8c7)c6c54)nc4ccccc34)cc2)cc1. The van der Waals surface area contributed by atoms with Crippen LogP contribution in [0.25, 0.3) is 121 Å². The lowest BCUT2D eigenvalue weighted by Gasteiger charge is -2.14. The molecule has 59 heavy (non-hydrogen) atoms. The number of rotatable bonds is 4. The van der Waals surface area contributed by atoms with Gasteiger partial charge in [0.2, 0.25) is 5.95 Å². The van der Waals surface area contributed by atoms with Crippen LogP contribution in [0.15, 0.2) is 199 Å². The molecule has 0 aliphatic carbocycles. The molecule has 0 unspecified atom stereocenters. The summed E-state index contributed by atoms with van der Waals surface area (Å²) in [7, 11) is 0. The molecule has 13 aromatic rings. The molecule has 0 amide bonds. The lowest BCUT2D eigenvalue weighted by Crippen LogP contribution is -2.05. The molecule has 274 valence electrons. The van der Waals surface area contributed by atoms with E-state index in [1.54, 1.807) is 0 Å².